The van der Waals surface area contributed by atoms with Gasteiger partial charge in [-0.05, 0) is 43.3 Å². The second-order valence-electron chi connectivity index (χ2n) is 5.84. The molecule has 0 saturated heterocycles. The third kappa shape index (κ3) is 3.65. The number of benzene rings is 2. The number of halogens is 1. The molecule has 142 valence electrons. The lowest BCUT2D eigenvalue weighted by Crippen LogP contribution is -2.11. The molecular formula is C18H16FNO5S2. The lowest BCUT2D eigenvalue weighted by Gasteiger charge is -2.03. The highest BCUT2D eigenvalue weighted by atomic mass is 32.2. The Morgan fingerprint density at radius 3 is 2.11 bits per heavy atom. The van der Waals surface area contributed by atoms with Gasteiger partial charge in [0.1, 0.15) is 5.82 Å². The average molecular weight is 409 g/mol. The molecule has 27 heavy (non-hydrogen) atoms. The van der Waals surface area contributed by atoms with Crippen molar-refractivity contribution in [2.24, 2.45) is 0 Å². The Kier molecular flexibility index (Phi) is 4.92. The van der Waals surface area contributed by atoms with Crippen LogP contribution in [-0.4, -0.2) is 27.6 Å². The van der Waals surface area contributed by atoms with Gasteiger partial charge in [0.05, 0.1) is 10.6 Å². The summed E-state index contributed by atoms with van der Waals surface area (Å²) in [5.41, 5.74) is 1.40. The van der Waals surface area contributed by atoms with Gasteiger partial charge in [-0.15, -0.1) is 0 Å². The van der Waals surface area contributed by atoms with Crippen LogP contribution in [0.15, 0.2) is 68.0 Å². The zero-order valence-corrected chi connectivity index (χ0v) is 16.1. The molecular weight excluding hydrogens is 393 g/mol. The van der Waals surface area contributed by atoms with E-state index in [-0.39, 0.29) is 16.5 Å². The Hall–Kier alpha value is -2.52. The molecule has 3 rings (SSSR count). The number of hydrogen-bond acceptors (Lipinski definition) is 6. The van der Waals surface area contributed by atoms with Crippen molar-refractivity contribution in [2.45, 2.75) is 28.9 Å². The molecule has 0 aliphatic carbocycles. The van der Waals surface area contributed by atoms with E-state index in [9.17, 15) is 21.2 Å². The smallest absolute Gasteiger partial charge is 0.258 e. The van der Waals surface area contributed by atoms with Crippen molar-refractivity contribution in [3.8, 4) is 11.5 Å². The number of sulfone groups is 2. The Balaban J connectivity index is 2.24. The van der Waals surface area contributed by atoms with Crippen molar-refractivity contribution >= 4 is 19.7 Å². The fraction of sp³-hybridized carbons (Fsp3) is 0.167. The molecule has 0 aliphatic heterocycles. The summed E-state index contributed by atoms with van der Waals surface area (Å²) >= 11 is 0. The van der Waals surface area contributed by atoms with Crippen LogP contribution >= 0.6 is 0 Å². The van der Waals surface area contributed by atoms with Crippen LogP contribution in [0.3, 0.4) is 0 Å². The fourth-order valence-corrected chi connectivity index (χ4v) is 5.01. The van der Waals surface area contributed by atoms with Crippen molar-refractivity contribution in [3.05, 3.63) is 59.9 Å². The molecule has 0 amide bonds. The lowest BCUT2D eigenvalue weighted by molar-refractivity contribution is 0.445. The summed E-state index contributed by atoms with van der Waals surface area (Å²) in [5, 5.41) is -1.42. The molecule has 3 aromatic rings. The third-order valence-electron chi connectivity index (χ3n) is 3.91. The summed E-state index contributed by atoms with van der Waals surface area (Å²) in [5.74, 6) is -1.10. The standard InChI is InChI=1S/C18H16FNO5S2/c1-3-26(21,22)18-17(27(23,24)15-10-8-14(19)9-11-15)20-16(25-18)13-6-4-12(2)5-7-13/h4-11H,3H2,1-2H3. The molecule has 0 bridgehead atoms. The molecule has 0 atom stereocenters. The summed E-state index contributed by atoms with van der Waals surface area (Å²) in [7, 11) is -8.33. The Morgan fingerprint density at radius 1 is 0.963 bits per heavy atom. The van der Waals surface area contributed by atoms with E-state index in [4.69, 9.17) is 4.42 Å². The molecule has 1 aromatic heterocycles. The highest BCUT2D eigenvalue weighted by Crippen LogP contribution is 2.32. The predicted octanol–water partition coefficient (Wildman–Crippen LogP) is 3.42. The zero-order chi connectivity index (χ0) is 19.8. The van der Waals surface area contributed by atoms with Crippen LogP contribution in [-0.2, 0) is 19.7 Å². The normalized spacial score (nSPS) is 12.3. The lowest BCUT2D eigenvalue weighted by atomic mass is 10.1. The topological polar surface area (TPSA) is 94.3 Å². The van der Waals surface area contributed by atoms with Crippen LogP contribution in [0.5, 0.6) is 0 Å². The number of oxazole rings is 1. The maximum absolute atomic E-state index is 13.1. The monoisotopic (exact) mass is 409 g/mol. The molecule has 0 aliphatic rings. The number of aromatic nitrogens is 1. The largest absolute Gasteiger partial charge is 0.423 e. The summed E-state index contributed by atoms with van der Waals surface area (Å²) in [4.78, 5) is 3.69. The van der Waals surface area contributed by atoms with Gasteiger partial charge in [-0.3, -0.25) is 0 Å². The van der Waals surface area contributed by atoms with E-state index in [2.05, 4.69) is 4.98 Å². The molecule has 0 radical (unpaired) electrons. The van der Waals surface area contributed by atoms with Crippen molar-refractivity contribution in [3.63, 3.8) is 0 Å². The second kappa shape index (κ2) is 6.90. The fourth-order valence-electron chi connectivity index (χ4n) is 2.33. The van der Waals surface area contributed by atoms with Gasteiger partial charge >= 0.3 is 0 Å². The van der Waals surface area contributed by atoms with E-state index in [1.165, 1.54) is 6.92 Å². The molecule has 1 heterocycles. The van der Waals surface area contributed by atoms with Gasteiger partial charge in [0.25, 0.3) is 5.09 Å². The molecule has 0 fully saturated rings. The highest BCUT2D eigenvalue weighted by molar-refractivity contribution is 7.94. The van der Waals surface area contributed by atoms with Gasteiger partial charge in [0, 0.05) is 5.56 Å². The molecule has 9 heteroatoms. The van der Waals surface area contributed by atoms with Crippen molar-refractivity contribution < 1.29 is 25.6 Å². The minimum absolute atomic E-state index is 0.122. The first-order valence-electron chi connectivity index (χ1n) is 7.96. The second-order valence-corrected chi connectivity index (χ2v) is 9.88. The van der Waals surface area contributed by atoms with E-state index < -0.39 is 35.6 Å². The number of rotatable bonds is 5. The van der Waals surface area contributed by atoms with Gasteiger partial charge in [0.2, 0.25) is 30.6 Å². The number of aryl methyl sites for hydroxylation is 1. The molecule has 0 saturated carbocycles. The molecule has 0 unspecified atom stereocenters. The van der Waals surface area contributed by atoms with E-state index in [1.54, 1.807) is 24.3 Å². The van der Waals surface area contributed by atoms with Gasteiger partial charge in [-0.2, -0.15) is 4.98 Å². The SMILES string of the molecule is CCS(=O)(=O)c1oc(-c2ccc(C)cc2)nc1S(=O)(=O)c1ccc(F)cc1. The predicted molar refractivity (Wildman–Crippen MR) is 96.3 cm³/mol. The van der Waals surface area contributed by atoms with Crippen LogP contribution in [0, 0.1) is 12.7 Å². The van der Waals surface area contributed by atoms with Crippen LogP contribution < -0.4 is 0 Å². The highest BCUT2D eigenvalue weighted by Gasteiger charge is 2.34. The Bertz CT molecular complexity index is 1180. The first-order chi connectivity index (χ1) is 12.6. The Labute approximate surface area is 156 Å². The molecule has 6 nitrogen and oxygen atoms in total. The van der Waals surface area contributed by atoms with Crippen LogP contribution in [0.25, 0.3) is 11.5 Å². The maximum atomic E-state index is 13.1. The Morgan fingerprint density at radius 2 is 1.56 bits per heavy atom. The van der Waals surface area contributed by atoms with Crippen LogP contribution in [0.1, 0.15) is 12.5 Å². The summed E-state index contributed by atoms with van der Waals surface area (Å²) in [6, 6.07) is 10.9. The van der Waals surface area contributed by atoms with Crippen LogP contribution in [0.4, 0.5) is 4.39 Å². The van der Waals surface area contributed by atoms with Crippen molar-refractivity contribution in [1.82, 2.24) is 4.98 Å². The van der Waals surface area contributed by atoms with Gasteiger partial charge in [0.15, 0.2) is 0 Å². The van der Waals surface area contributed by atoms with Gasteiger partial charge in [-0.1, -0.05) is 24.6 Å². The van der Waals surface area contributed by atoms with Crippen LogP contribution in [0.2, 0.25) is 0 Å². The summed E-state index contributed by atoms with van der Waals surface area (Å²) < 4.78 is 69.1. The summed E-state index contributed by atoms with van der Waals surface area (Å²) in [6.07, 6.45) is 0. The minimum Gasteiger partial charge on any atom is -0.423 e. The first-order valence-corrected chi connectivity index (χ1v) is 11.1. The maximum Gasteiger partial charge on any atom is 0.258 e. The quantitative estimate of drug-likeness (QED) is 0.600. The van der Waals surface area contributed by atoms with Gasteiger partial charge in [-0.25, -0.2) is 21.2 Å². The van der Waals surface area contributed by atoms with Crippen molar-refractivity contribution in [2.75, 3.05) is 5.75 Å². The molecule has 0 spiro atoms. The van der Waals surface area contributed by atoms with Crippen molar-refractivity contribution in [1.29, 1.82) is 0 Å². The first kappa shape index (κ1) is 19.2. The third-order valence-corrected chi connectivity index (χ3v) is 7.32. The minimum atomic E-state index is -4.33. The zero-order valence-electron chi connectivity index (χ0n) is 14.5. The summed E-state index contributed by atoms with van der Waals surface area (Å²) in [6.45, 7) is 3.24. The molecule has 2 aromatic carbocycles. The van der Waals surface area contributed by atoms with E-state index in [0.29, 0.717) is 5.56 Å². The number of hydrogen-bond donors (Lipinski definition) is 0. The number of nitrogens with zero attached hydrogens (tertiary/aromatic N) is 1. The van der Waals surface area contributed by atoms with E-state index in [0.717, 1.165) is 29.8 Å². The van der Waals surface area contributed by atoms with E-state index in [1.807, 2.05) is 6.92 Å². The molecule has 0 N–H and O–H groups in total. The van der Waals surface area contributed by atoms with Gasteiger partial charge < -0.3 is 4.42 Å². The average Bonchev–Trinajstić information content (AvgIpc) is 3.10. The van der Waals surface area contributed by atoms with E-state index >= 15 is 0 Å².